The van der Waals surface area contributed by atoms with Gasteiger partial charge in [0, 0.05) is 10.5 Å². The van der Waals surface area contributed by atoms with Crippen molar-refractivity contribution in [3.63, 3.8) is 0 Å². The Hall–Kier alpha value is -2.44. The number of thiazole rings is 1. The van der Waals surface area contributed by atoms with Gasteiger partial charge in [-0.3, -0.25) is 4.79 Å². The topological polar surface area (TPSA) is 47.3 Å². The Balaban J connectivity index is 1.78. The zero-order valence-electron chi connectivity index (χ0n) is 12.8. The Bertz CT molecular complexity index is 1100. The number of benzene rings is 2. The number of hydrogen-bond acceptors (Lipinski definition) is 5. The largest absolute Gasteiger partial charge is 0.291 e. The van der Waals surface area contributed by atoms with Gasteiger partial charge in [-0.25, -0.2) is 0 Å². The summed E-state index contributed by atoms with van der Waals surface area (Å²) in [7, 11) is 0. The monoisotopic (exact) mass is 351 g/mol. The van der Waals surface area contributed by atoms with Crippen molar-refractivity contribution in [3.05, 3.63) is 75.0 Å². The first-order chi connectivity index (χ1) is 11.7. The van der Waals surface area contributed by atoms with Gasteiger partial charge in [0.1, 0.15) is 0 Å². The lowest BCUT2D eigenvalue weighted by atomic mass is 10.2. The molecule has 0 saturated heterocycles. The molecule has 0 radical (unpaired) electrons. The van der Waals surface area contributed by atoms with Crippen molar-refractivity contribution in [1.82, 2.24) is 14.6 Å². The number of thioether (sulfide) groups is 1. The molecule has 4 aromatic rings. The maximum absolute atomic E-state index is 12.5. The molecule has 0 spiro atoms. The fourth-order valence-electron chi connectivity index (χ4n) is 2.39. The van der Waals surface area contributed by atoms with Gasteiger partial charge in [0.2, 0.25) is 4.96 Å². The summed E-state index contributed by atoms with van der Waals surface area (Å²) in [6.07, 6.45) is 3.93. The van der Waals surface area contributed by atoms with Crippen molar-refractivity contribution < 1.29 is 0 Å². The highest BCUT2D eigenvalue weighted by atomic mass is 32.2. The third kappa shape index (κ3) is 2.74. The van der Waals surface area contributed by atoms with Crippen molar-refractivity contribution in [2.24, 2.45) is 0 Å². The quantitative estimate of drug-likeness (QED) is 0.532. The predicted molar refractivity (Wildman–Crippen MR) is 99.6 cm³/mol. The van der Waals surface area contributed by atoms with Crippen molar-refractivity contribution in [2.45, 2.75) is 4.90 Å². The van der Waals surface area contributed by atoms with E-state index in [-0.39, 0.29) is 5.56 Å². The highest BCUT2D eigenvalue weighted by Crippen LogP contribution is 2.17. The molecule has 0 aliphatic carbocycles. The van der Waals surface area contributed by atoms with Crippen molar-refractivity contribution >= 4 is 34.1 Å². The molecule has 118 valence electrons. The lowest BCUT2D eigenvalue weighted by molar-refractivity contribution is 0.937. The van der Waals surface area contributed by atoms with Gasteiger partial charge >= 0.3 is 0 Å². The minimum Gasteiger partial charge on any atom is -0.266 e. The van der Waals surface area contributed by atoms with Crippen LogP contribution in [0.15, 0.2) is 64.3 Å². The highest BCUT2D eigenvalue weighted by molar-refractivity contribution is 7.98. The van der Waals surface area contributed by atoms with Crippen LogP contribution in [0.2, 0.25) is 0 Å². The van der Waals surface area contributed by atoms with Crippen molar-refractivity contribution in [1.29, 1.82) is 0 Å². The number of aromatic nitrogens is 3. The first kappa shape index (κ1) is 15.1. The molecule has 6 heteroatoms. The van der Waals surface area contributed by atoms with Crippen LogP contribution in [0.3, 0.4) is 0 Å². The Morgan fingerprint density at radius 1 is 1.08 bits per heavy atom. The number of rotatable bonds is 3. The molecule has 0 bridgehead atoms. The van der Waals surface area contributed by atoms with E-state index in [0.717, 1.165) is 11.1 Å². The average Bonchev–Trinajstić information content (AvgIpc) is 3.17. The van der Waals surface area contributed by atoms with Crippen LogP contribution in [-0.2, 0) is 0 Å². The molecule has 0 saturated carbocycles. The van der Waals surface area contributed by atoms with E-state index in [4.69, 9.17) is 0 Å². The molecule has 24 heavy (non-hydrogen) atoms. The summed E-state index contributed by atoms with van der Waals surface area (Å²) < 4.78 is 2.02. The number of hydrogen-bond donors (Lipinski definition) is 0. The number of nitrogens with zero attached hydrogens (tertiary/aromatic N) is 3. The molecule has 2 aromatic heterocycles. The third-order valence-electron chi connectivity index (χ3n) is 3.63. The Labute approximate surface area is 146 Å². The van der Waals surface area contributed by atoms with Crippen molar-refractivity contribution in [3.8, 4) is 11.4 Å². The second kappa shape index (κ2) is 6.22. The van der Waals surface area contributed by atoms with Crippen LogP contribution >= 0.6 is 23.1 Å². The SMILES string of the molecule is CSc1ccc(C=c2sc3nc(-c4ccccc4)nn3c2=O)cc1. The van der Waals surface area contributed by atoms with E-state index in [2.05, 4.69) is 10.1 Å². The Kier molecular flexibility index (Phi) is 3.92. The van der Waals surface area contributed by atoms with Crippen LogP contribution in [0.4, 0.5) is 0 Å². The molecule has 2 heterocycles. The minimum atomic E-state index is -0.126. The van der Waals surface area contributed by atoms with Gasteiger partial charge in [-0.1, -0.05) is 53.8 Å². The average molecular weight is 351 g/mol. The van der Waals surface area contributed by atoms with Gasteiger partial charge in [-0.15, -0.1) is 16.9 Å². The summed E-state index contributed by atoms with van der Waals surface area (Å²) in [6.45, 7) is 0. The van der Waals surface area contributed by atoms with Gasteiger partial charge in [-0.2, -0.15) is 9.50 Å². The molecule has 4 nitrogen and oxygen atoms in total. The Morgan fingerprint density at radius 3 is 2.50 bits per heavy atom. The van der Waals surface area contributed by atoms with Crippen LogP contribution in [0.1, 0.15) is 5.56 Å². The van der Waals surface area contributed by atoms with Gasteiger partial charge in [-0.05, 0) is 30.0 Å². The van der Waals surface area contributed by atoms with Gasteiger partial charge < -0.3 is 0 Å². The molecular formula is C18H13N3OS2. The molecule has 0 aliphatic rings. The van der Waals surface area contributed by atoms with Gasteiger partial charge in [0.15, 0.2) is 5.82 Å². The lowest BCUT2D eigenvalue weighted by Gasteiger charge is -1.95. The van der Waals surface area contributed by atoms with Crippen LogP contribution in [0, 0.1) is 0 Å². The van der Waals surface area contributed by atoms with E-state index in [9.17, 15) is 4.79 Å². The molecule has 2 aromatic carbocycles. The molecule has 0 N–H and O–H groups in total. The summed E-state index contributed by atoms with van der Waals surface area (Å²) in [6, 6.07) is 17.8. The molecule has 0 amide bonds. The van der Waals surface area contributed by atoms with Crippen LogP contribution < -0.4 is 10.1 Å². The summed E-state index contributed by atoms with van der Waals surface area (Å²) in [4.78, 5) is 18.8. The van der Waals surface area contributed by atoms with Crippen LogP contribution in [-0.4, -0.2) is 20.9 Å². The lowest BCUT2D eigenvalue weighted by Crippen LogP contribution is -2.23. The third-order valence-corrected chi connectivity index (χ3v) is 5.33. The van der Waals surface area contributed by atoms with Crippen LogP contribution in [0.5, 0.6) is 0 Å². The summed E-state index contributed by atoms with van der Waals surface area (Å²) >= 11 is 3.05. The first-order valence-corrected chi connectivity index (χ1v) is 9.39. The zero-order chi connectivity index (χ0) is 16.5. The fourth-order valence-corrected chi connectivity index (χ4v) is 3.71. The molecule has 0 fully saturated rings. The van der Waals surface area contributed by atoms with Crippen LogP contribution in [0.25, 0.3) is 22.4 Å². The van der Waals surface area contributed by atoms with E-state index in [1.54, 1.807) is 11.8 Å². The van der Waals surface area contributed by atoms with Gasteiger partial charge in [0.25, 0.3) is 5.56 Å². The van der Waals surface area contributed by atoms with Crippen molar-refractivity contribution in [2.75, 3.05) is 6.26 Å². The van der Waals surface area contributed by atoms with E-state index in [1.807, 2.05) is 66.9 Å². The smallest absolute Gasteiger partial charge is 0.266 e. The molecule has 0 aliphatic heterocycles. The maximum Gasteiger partial charge on any atom is 0.291 e. The highest BCUT2D eigenvalue weighted by Gasteiger charge is 2.11. The zero-order valence-corrected chi connectivity index (χ0v) is 14.5. The normalized spacial score (nSPS) is 12.1. The predicted octanol–water partition coefficient (Wildman–Crippen LogP) is 3.09. The summed E-state index contributed by atoms with van der Waals surface area (Å²) in [5.41, 5.74) is 1.78. The second-order valence-corrected chi connectivity index (χ2v) is 7.07. The standard InChI is InChI=1S/C18H13N3OS2/c1-23-14-9-7-12(8-10-14)11-15-17(22)21-18(24-15)19-16(20-21)13-5-3-2-4-6-13/h2-11H,1H3. The van der Waals surface area contributed by atoms with E-state index in [1.165, 1.54) is 20.7 Å². The Morgan fingerprint density at radius 2 is 1.83 bits per heavy atom. The number of fused-ring (bicyclic) bond motifs is 1. The van der Waals surface area contributed by atoms with E-state index in [0.29, 0.717) is 15.3 Å². The molecule has 0 unspecified atom stereocenters. The minimum absolute atomic E-state index is 0.126. The first-order valence-electron chi connectivity index (χ1n) is 7.35. The summed E-state index contributed by atoms with van der Waals surface area (Å²) in [5, 5.41) is 4.35. The molecule has 4 rings (SSSR count). The molecule has 0 atom stereocenters. The molecular weight excluding hydrogens is 338 g/mol. The second-order valence-electron chi connectivity index (χ2n) is 5.18. The van der Waals surface area contributed by atoms with E-state index >= 15 is 0 Å². The summed E-state index contributed by atoms with van der Waals surface area (Å²) in [5.74, 6) is 0.579. The maximum atomic E-state index is 12.5. The fraction of sp³-hybridized carbons (Fsp3) is 0.0556. The van der Waals surface area contributed by atoms with Gasteiger partial charge in [0.05, 0.1) is 4.53 Å². The van der Waals surface area contributed by atoms with E-state index < -0.39 is 0 Å².